The van der Waals surface area contributed by atoms with Crippen molar-refractivity contribution in [3.63, 3.8) is 0 Å². The highest BCUT2D eigenvalue weighted by Gasteiger charge is 2.20. The maximum absolute atomic E-state index is 9.51. The average molecular weight is 453 g/mol. The Balaban J connectivity index is 1.55. The van der Waals surface area contributed by atoms with E-state index in [-0.39, 0.29) is 0 Å². The molecule has 2 heterocycles. The number of hydrogen-bond acceptors (Lipinski definition) is 3. The number of aryl methyl sites for hydroxylation is 1. The van der Waals surface area contributed by atoms with Crippen LogP contribution in [0.4, 0.5) is 0 Å². The van der Waals surface area contributed by atoms with Gasteiger partial charge in [-0.25, -0.2) is 4.98 Å². The van der Waals surface area contributed by atoms with Crippen molar-refractivity contribution in [2.45, 2.75) is 26.2 Å². The number of nitriles is 1. The summed E-state index contributed by atoms with van der Waals surface area (Å²) < 4.78 is 2.19. The molecule has 0 N–H and O–H groups in total. The van der Waals surface area contributed by atoms with Crippen LogP contribution in [0.25, 0.3) is 49.5 Å². The van der Waals surface area contributed by atoms with Crippen LogP contribution < -0.4 is 0 Å². The van der Waals surface area contributed by atoms with E-state index in [0.29, 0.717) is 0 Å². The van der Waals surface area contributed by atoms with Gasteiger partial charge in [0.2, 0.25) is 0 Å². The first kappa shape index (κ1) is 21.1. The number of imidazole rings is 1. The number of rotatable bonds is 3. The SMILES string of the molecule is Cc1nc2cnc3ccc(-c4ccc5ccccc5c4)cc3c2n1-c1ccc(C(C)(C)C#N)cc1. The summed E-state index contributed by atoms with van der Waals surface area (Å²) in [6.45, 7) is 5.90. The van der Waals surface area contributed by atoms with Crippen molar-refractivity contribution in [1.82, 2.24) is 14.5 Å². The first-order valence-corrected chi connectivity index (χ1v) is 11.7. The van der Waals surface area contributed by atoms with Gasteiger partial charge in [0.25, 0.3) is 0 Å². The van der Waals surface area contributed by atoms with Gasteiger partial charge < -0.3 is 0 Å². The lowest BCUT2D eigenvalue weighted by atomic mass is 9.86. The normalized spacial score (nSPS) is 11.8. The van der Waals surface area contributed by atoms with Crippen LogP contribution in [0.3, 0.4) is 0 Å². The summed E-state index contributed by atoms with van der Waals surface area (Å²) in [6.07, 6.45) is 1.85. The number of nitrogens with zero attached hydrogens (tertiary/aromatic N) is 4. The number of hydrogen-bond donors (Lipinski definition) is 0. The molecule has 0 unspecified atom stereocenters. The molecular formula is C31H24N4. The van der Waals surface area contributed by atoms with Crippen molar-refractivity contribution in [2.75, 3.05) is 0 Å². The predicted octanol–water partition coefficient (Wildman–Crippen LogP) is 7.50. The topological polar surface area (TPSA) is 54.5 Å². The van der Waals surface area contributed by atoms with E-state index < -0.39 is 5.41 Å². The summed E-state index contributed by atoms with van der Waals surface area (Å²) in [6, 6.07) is 32.1. The number of fused-ring (bicyclic) bond motifs is 4. The molecule has 0 saturated carbocycles. The van der Waals surface area contributed by atoms with Gasteiger partial charge in [0.1, 0.15) is 11.3 Å². The molecule has 6 rings (SSSR count). The molecule has 0 fully saturated rings. The largest absolute Gasteiger partial charge is 0.296 e. The van der Waals surface area contributed by atoms with Crippen LogP contribution in [0.2, 0.25) is 0 Å². The lowest BCUT2D eigenvalue weighted by molar-refractivity contribution is 0.686. The maximum atomic E-state index is 9.51. The first-order valence-electron chi connectivity index (χ1n) is 11.7. The van der Waals surface area contributed by atoms with E-state index in [4.69, 9.17) is 4.98 Å². The first-order chi connectivity index (χ1) is 16.9. The van der Waals surface area contributed by atoms with Gasteiger partial charge in [-0.3, -0.25) is 9.55 Å². The van der Waals surface area contributed by atoms with Crippen LogP contribution in [0.15, 0.2) is 91.1 Å². The second-order valence-electron chi connectivity index (χ2n) is 9.56. The third-order valence-electron chi connectivity index (χ3n) is 6.86. The minimum absolute atomic E-state index is 0.532. The van der Waals surface area contributed by atoms with E-state index >= 15 is 0 Å². The van der Waals surface area contributed by atoms with Gasteiger partial charge >= 0.3 is 0 Å². The van der Waals surface area contributed by atoms with E-state index in [1.54, 1.807) is 0 Å². The molecule has 2 aromatic heterocycles. The van der Waals surface area contributed by atoms with Crippen LogP contribution >= 0.6 is 0 Å². The summed E-state index contributed by atoms with van der Waals surface area (Å²) in [7, 11) is 0. The van der Waals surface area contributed by atoms with Crippen molar-refractivity contribution in [3.05, 3.63) is 103 Å². The molecule has 35 heavy (non-hydrogen) atoms. The third kappa shape index (κ3) is 3.45. The zero-order valence-electron chi connectivity index (χ0n) is 19.9. The molecule has 4 heteroatoms. The third-order valence-corrected chi connectivity index (χ3v) is 6.86. The average Bonchev–Trinajstić information content (AvgIpc) is 3.24. The molecule has 0 saturated heterocycles. The smallest absolute Gasteiger partial charge is 0.111 e. The Morgan fingerprint density at radius 1 is 0.800 bits per heavy atom. The van der Waals surface area contributed by atoms with Crippen LogP contribution in [-0.4, -0.2) is 14.5 Å². The number of aromatic nitrogens is 3. The van der Waals surface area contributed by atoms with Crippen LogP contribution in [-0.2, 0) is 5.41 Å². The highest BCUT2D eigenvalue weighted by Crippen LogP contribution is 2.33. The Morgan fingerprint density at radius 2 is 1.51 bits per heavy atom. The Hall–Kier alpha value is -4.49. The fraction of sp³-hybridized carbons (Fsp3) is 0.129. The zero-order chi connectivity index (χ0) is 24.2. The second kappa shape index (κ2) is 7.78. The van der Waals surface area contributed by atoms with Gasteiger partial charge in [-0.05, 0) is 78.6 Å². The molecule has 0 radical (unpaired) electrons. The standard InChI is InChI=1S/C31H24N4/c1-20-34-29-18-33-28-15-10-24(23-9-8-21-6-4-5-7-22(21)16-23)17-27(28)30(29)35(20)26-13-11-25(12-14-26)31(2,3)19-32/h4-18H,1-3H3. The van der Waals surface area contributed by atoms with E-state index in [0.717, 1.165) is 44.6 Å². The summed E-state index contributed by atoms with van der Waals surface area (Å²) in [5.41, 5.74) is 6.65. The number of pyridine rings is 1. The zero-order valence-corrected chi connectivity index (χ0v) is 19.9. The molecular weight excluding hydrogens is 428 g/mol. The Bertz CT molecular complexity index is 1780. The molecule has 0 bridgehead atoms. The van der Waals surface area contributed by atoms with Crippen molar-refractivity contribution in [2.24, 2.45) is 0 Å². The summed E-state index contributed by atoms with van der Waals surface area (Å²) in [4.78, 5) is 9.51. The molecule has 0 aliphatic carbocycles. The van der Waals surface area contributed by atoms with Gasteiger partial charge in [-0.15, -0.1) is 0 Å². The highest BCUT2D eigenvalue weighted by atomic mass is 15.1. The minimum Gasteiger partial charge on any atom is -0.296 e. The minimum atomic E-state index is -0.532. The monoisotopic (exact) mass is 452 g/mol. The van der Waals surface area contributed by atoms with Crippen LogP contribution in [0.5, 0.6) is 0 Å². The molecule has 4 nitrogen and oxygen atoms in total. The van der Waals surface area contributed by atoms with Gasteiger partial charge in [0.15, 0.2) is 0 Å². The van der Waals surface area contributed by atoms with Crippen LogP contribution in [0, 0.1) is 18.3 Å². The van der Waals surface area contributed by atoms with Crippen molar-refractivity contribution < 1.29 is 0 Å². The summed E-state index contributed by atoms with van der Waals surface area (Å²) in [5, 5.41) is 13.0. The lowest BCUT2D eigenvalue weighted by Gasteiger charge is -2.17. The predicted molar refractivity (Wildman–Crippen MR) is 143 cm³/mol. The van der Waals surface area contributed by atoms with Crippen molar-refractivity contribution in [3.8, 4) is 22.9 Å². The Labute approximate surface area is 204 Å². The van der Waals surface area contributed by atoms with E-state index in [2.05, 4.69) is 88.4 Å². The molecule has 6 aromatic rings. The van der Waals surface area contributed by atoms with Gasteiger partial charge in [0.05, 0.1) is 28.7 Å². The molecule has 0 aliphatic heterocycles. The summed E-state index contributed by atoms with van der Waals surface area (Å²) >= 11 is 0. The fourth-order valence-corrected chi connectivity index (χ4v) is 4.83. The molecule has 0 spiro atoms. The molecule has 168 valence electrons. The maximum Gasteiger partial charge on any atom is 0.111 e. The quantitative estimate of drug-likeness (QED) is 0.279. The Morgan fingerprint density at radius 3 is 2.29 bits per heavy atom. The van der Waals surface area contributed by atoms with Gasteiger partial charge in [-0.2, -0.15) is 5.26 Å². The van der Waals surface area contributed by atoms with Crippen LogP contribution in [0.1, 0.15) is 25.2 Å². The van der Waals surface area contributed by atoms with E-state index in [9.17, 15) is 5.26 Å². The molecule has 4 aromatic carbocycles. The lowest BCUT2D eigenvalue weighted by Crippen LogP contribution is -2.13. The second-order valence-corrected chi connectivity index (χ2v) is 9.56. The van der Waals surface area contributed by atoms with Crippen molar-refractivity contribution in [1.29, 1.82) is 5.26 Å². The Kier molecular flexibility index (Phi) is 4.69. The molecule has 0 aliphatic rings. The van der Waals surface area contributed by atoms with Gasteiger partial charge in [0, 0.05) is 11.1 Å². The highest BCUT2D eigenvalue weighted by molar-refractivity contribution is 6.05. The van der Waals surface area contributed by atoms with Crippen molar-refractivity contribution >= 4 is 32.7 Å². The van der Waals surface area contributed by atoms with E-state index in [1.165, 1.54) is 16.3 Å². The van der Waals surface area contributed by atoms with Gasteiger partial charge in [-0.1, -0.05) is 54.6 Å². The van der Waals surface area contributed by atoms with E-state index in [1.807, 2.05) is 39.1 Å². The fourth-order valence-electron chi connectivity index (χ4n) is 4.83. The molecule has 0 amide bonds. The summed E-state index contributed by atoms with van der Waals surface area (Å²) in [5.74, 6) is 0.901. The molecule has 0 atom stereocenters. The number of benzene rings is 4.